The largest absolute Gasteiger partial charge is 0.460 e. The summed E-state index contributed by atoms with van der Waals surface area (Å²) < 4.78 is 278. The smallest absolute Gasteiger partial charge is 0.394 e. The molecule has 0 aromatic rings. The number of aliphatic hydroxyl groups excluding tert-OH is 1. The molecule has 0 aliphatic carbocycles. The zero-order valence-corrected chi connectivity index (χ0v) is 25.6. The van der Waals surface area contributed by atoms with Gasteiger partial charge in [0.2, 0.25) is 0 Å². The van der Waals surface area contributed by atoms with Crippen molar-refractivity contribution in [2.75, 3.05) is 85.8 Å². The third kappa shape index (κ3) is 9.88. The van der Waals surface area contributed by atoms with Crippen LogP contribution in [0, 0.1) is 0 Å². The van der Waals surface area contributed by atoms with Gasteiger partial charge in [-0.2, -0.15) is 78.9 Å². The van der Waals surface area contributed by atoms with E-state index < -0.39 is 87.6 Å². The third-order valence-electron chi connectivity index (χ3n) is 5.92. The summed E-state index contributed by atoms with van der Waals surface area (Å²) in [6.45, 7) is -3.41. The van der Waals surface area contributed by atoms with Gasteiger partial charge in [-0.1, -0.05) is 6.92 Å². The number of likely N-dealkylation sites (N-methyl/N-ethyl adjacent to an activating group) is 1. The maximum Gasteiger partial charge on any atom is 0.460 e. The zero-order chi connectivity index (χ0) is 38.8. The molecule has 27 heteroatoms. The molecule has 0 radical (unpaired) electrons. The molecule has 296 valence electrons. The minimum Gasteiger partial charge on any atom is -0.394 e. The molecular weight excluding hydrogens is 761 g/mol. The standard InChI is InChI=1S/C22H30F17NO8S/c1-2-40(3-5-44-7-9-46-11-13-48-14-12-47-10-8-45-6-4-41)49(42,43)22(38,39)20(33,34)18(29,30)16(25,26)15(23,24)17(27,28)19(31,32)21(35,36)37/h41H,2-14H2,1H3. The predicted octanol–water partition coefficient (Wildman–Crippen LogP) is 4.68. The van der Waals surface area contributed by atoms with Crippen molar-refractivity contribution in [1.29, 1.82) is 0 Å². The second kappa shape index (κ2) is 17.8. The normalized spacial score (nSPS) is 15.0. The minimum atomic E-state index is -8.89. The lowest BCUT2D eigenvalue weighted by molar-refractivity contribution is -0.458. The Morgan fingerprint density at radius 3 is 1.06 bits per heavy atom. The Morgan fingerprint density at radius 2 is 0.755 bits per heavy atom. The SMILES string of the molecule is CCN(CCOCCOCCOCCOCCOCCO)S(=O)(=O)C(F)(F)C(F)(F)C(F)(F)C(F)(F)C(F)(F)C(F)(F)C(F)(F)C(F)(F)F. The number of sulfonamides is 1. The highest BCUT2D eigenvalue weighted by atomic mass is 32.2. The molecule has 0 unspecified atom stereocenters. The van der Waals surface area contributed by atoms with E-state index in [-0.39, 0.29) is 59.5 Å². The molecule has 0 aliphatic rings. The number of halogens is 17. The van der Waals surface area contributed by atoms with Crippen LogP contribution in [0.3, 0.4) is 0 Å². The molecule has 0 bridgehead atoms. The molecule has 0 amide bonds. The molecule has 0 fully saturated rings. The van der Waals surface area contributed by atoms with E-state index in [1.165, 1.54) is 0 Å². The van der Waals surface area contributed by atoms with Gasteiger partial charge in [0.1, 0.15) is 0 Å². The maximum absolute atomic E-state index is 14.4. The monoisotopic (exact) mass is 791 g/mol. The van der Waals surface area contributed by atoms with Gasteiger partial charge < -0.3 is 28.8 Å². The van der Waals surface area contributed by atoms with E-state index >= 15 is 0 Å². The lowest BCUT2D eigenvalue weighted by atomic mass is 9.91. The first-order valence-corrected chi connectivity index (χ1v) is 14.7. The molecule has 0 atom stereocenters. The first kappa shape index (κ1) is 47.5. The third-order valence-corrected chi connectivity index (χ3v) is 7.94. The second-order valence-corrected chi connectivity index (χ2v) is 11.2. The van der Waals surface area contributed by atoms with Crippen LogP contribution in [0.25, 0.3) is 0 Å². The number of nitrogens with zero attached hydrogens (tertiary/aromatic N) is 1. The van der Waals surface area contributed by atoms with E-state index in [4.69, 9.17) is 28.8 Å². The lowest BCUT2D eigenvalue weighted by Crippen LogP contribution is -2.75. The van der Waals surface area contributed by atoms with E-state index in [0.29, 0.717) is 6.92 Å². The molecule has 49 heavy (non-hydrogen) atoms. The van der Waals surface area contributed by atoms with Crippen molar-refractivity contribution in [3.63, 3.8) is 0 Å². The van der Waals surface area contributed by atoms with Crippen molar-refractivity contribution in [2.24, 2.45) is 0 Å². The van der Waals surface area contributed by atoms with Gasteiger partial charge in [-0.3, -0.25) is 0 Å². The van der Waals surface area contributed by atoms with Gasteiger partial charge in [-0.15, -0.1) is 0 Å². The number of ether oxygens (including phenoxy) is 5. The Bertz CT molecular complexity index is 1090. The van der Waals surface area contributed by atoms with Crippen molar-refractivity contribution in [2.45, 2.75) is 53.9 Å². The lowest BCUT2D eigenvalue weighted by Gasteiger charge is -2.43. The summed E-state index contributed by atoms with van der Waals surface area (Å²) in [6.07, 6.45) is -7.90. The molecule has 0 rings (SSSR count). The first-order chi connectivity index (χ1) is 22.0. The van der Waals surface area contributed by atoms with Crippen LogP contribution in [-0.4, -0.2) is 151 Å². The molecule has 0 aromatic carbocycles. The predicted molar refractivity (Wildman–Crippen MR) is 128 cm³/mol. The summed E-state index contributed by atoms with van der Waals surface area (Å²) in [5.41, 5.74) is 0. The second-order valence-electron chi connectivity index (χ2n) is 9.24. The molecule has 9 nitrogen and oxygen atoms in total. The van der Waals surface area contributed by atoms with Crippen LogP contribution in [0.5, 0.6) is 0 Å². The van der Waals surface area contributed by atoms with Crippen LogP contribution in [0.2, 0.25) is 0 Å². The van der Waals surface area contributed by atoms with Crippen LogP contribution in [0.15, 0.2) is 0 Å². The van der Waals surface area contributed by atoms with Crippen molar-refractivity contribution in [1.82, 2.24) is 4.31 Å². The van der Waals surface area contributed by atoms with Gasteiger partial charge in [-0.25, -0.2) is 8.42 Å². The highest BCUT2D eigenvalue weighted by molar-refractivity contribution is 7.90. The van der Waals surface area contributed by atoms with Crippen molar-refractivity contribution >= 4 is 10.0 Å². The number of aliphatic hydroxyl groups is 1. The van der Waals surface area contributed by atoms with Gasteiger partial charge in [0.25, 0.3) is 10.0 Å². The highest BCUT2D eigenvalue weighted by Crippen LogP contribution is 2.64. The van der Waals surface area contributed by atoms with Gasteiger partial charge in [-0.05, 0) is 0 Å². The van der Waals surface area contributed by atoms with Crippen LogP contribution < -0.4 is 0 Å². The van der Waals surface area contributed by atoms with Gasteiger partial charge in [0.05, 0.1) is 72.7 Å². The molecule has 1 N–H and O–H groups in total. The van der Waals surface area contributed by atoms with E-state index in [9.17, 15) is 83.1 Å². The van der Waals surface area contributed by atoms with Crippen LogP contribution in [0.4, 0.5) is 74.6 Å². The molecule has 0 aliphatic heterocycles. The fourth-order valence-electron chi connectivity index (χ4n) is 3.13. The summed E-state index contributed by atoms with van der Waals surface area (Å²) in [4.78, 5) is 0. The van der Waals surface area contributed by atoms with Gasteiger partial charge >= 0.3 is 47.0 Å². The summed E-state index contributed by atoms with van der Waals surface area (Å²) in [5.74, 6) is -51.9. The quantitative estimate of drug-likeness (QED) is 0.0997. The summed E-state index contributed by atoms with van der Waals surface area (Å²) >= 11 is 0. The molecule has 0 heterocycles. The van der Waals surface area contributed by atoms with E-state index in [1.807, 2.05) is 0 Å². The Hall–Kier alpha value is -1.52. The van der Waals surface area contributed by atoms with E-state index in [1.54, 1.807) is 0 Å². The van der Waals surface area contributed by atoms with Crippen LogP contribution in [0.1, 0.15) is 6.92 Å². The molecule has 0 saturated heterocycles. The highest BCUT2D eigenvalue weighted by Gasteiger charge is 2.96. The topological polar surface area (TPSA) is 104 Å². The van der Waals surface area contributed by atoms with Crippen molar-refractivity contribution < 1.29 is 112 Å². The maximum atomic E-state index is 14.4. The zero-order valence-electron chi connectivity index (χ0n) is 24.8. The van der Waals surface area contributed by atoms with Gasteiger partial charge in [0, 0.05) is 13.1 Å². The Balaban J connectivity index is 5.41. The van der Waals surface area contributed by atoms with Crippen LogP contribution in [-0.2, 0) is 33.7 Å². The average molecular weight is 792 g/mol. The molecule has 0 spiro atoms. The van der Waals surface area contributed by atoms with Gasteiger partial charge in [0.15, 0.2) is 0 Å². The van der Waals surface area contributed by atoms with E-state index in [2.05, 4.69) is 0 Å². The van der Waals surface area contributed by atoms with Crippen molar-refractivity contribution in [3.05, 3.63) is 0 Å². The fourth-order valence-corrected chi connectivity index (χ4v) is 4.57. The number of alkyl halides is 17. The number of hydrogen-bond acceptors (Lipinski definition) is 8. The fraction of sp³-hybridized carbons (Fsp3) is 1.00. The number of hydrogen-bond donors (Lipinski definition) is 1. The summed E-state index contributed by atoms with van der Waals surface area (Å²) in [6, 6.07) is 0. The summed E-state index contributed by atoms with van der Waals surface area (Å²) in [7, 11) is -7.38. The average Bonchev–Trinajstić information content (AvgIpc) is 2.97. The number of rotatable bonds is 26. The van der Waals surface area contributed by atoms with Crippen molar-refractivity contribution in [3.8, 4) is 0 Å². The Kier molecular flexibility index (Phi) is 17.3. The van der Waals surface area contributed by atoms with Crippen LogP contribution >= 0.6 is 0 Å². The van der Waals surface area contributed by atoms with E-state index in [0.717, 1.165) is 0 Å². The molecule has 0 aromatic heterocycles. The molecule has 0 saturated carbocycles. The minimum absolute atomic E-state index is 0.00747. The Labute approximate surface area is 266 Å². The Morgan fingerprint density at radius 1 is 0.469 bits per heavy atom. The summed E-state index contributed by atoms with van der Waals surface area (Å²) in [5, 5.41) is 0.883. The molecular formula is C22H30F17NO8S. The first-order valence-electron chi connectivity index (χ1n) is 13.2.